The van der Waals surface area contributed by atoms with Gasteiger partial charge in [0.25, 0.3) is 10.0 Å². The Kier molecular flexibility index (Phi) is 6.47. The van der Waals surface area contributed by atoms with Gasteiger partial charge in [0.05, 0.1) is 10.6 Å². The lowest BCUT2D eigenvalue weighted by atomic mass is 9.99. The maximum absolute atomic E-state index is 13.0. The molecule has 2 N–H and O–H groups in total. The van der Waals surface area contributed by atoms with Crippen LogP contribution in [0.15, 0.2) is 59.8 Å². The molecule has 0 amide bonds. The first-order valence-corrected chi connectivity index (χ1v) is 9.30. The van der Waals surface area contributed by atoms with Gasteiger partial charge in [-0.05, 0) is 42.3 Å². The number of sulfonamides is 1. The van der Waals surface area contributed by atoms with Crippen molar-refractivity contribution in [3.8, 4) is 0 Å². The lowest BCUT2D eigenvalue weighted by Crippen LogP contribution is -2.25. The van der Waals surface area contributed by atoms with E-state index >= 15 is 0 Å². The van der Waals surface area contributed by atoms with Crippen LogP contribution in [0.5, 0.6) is 0 Å². The molecule has 0 radical (unpaired) electrons. The molecule has 5 nitrogen and oxygen atoms in total. The van der Waals surface area contributed by atoms with Crippen molar-refractivity contribution in [1.29, 1.82) is 0 Å². The molecule has 0 saturated heterocycles. The maximum atomic E-state index is 13.0. The number of rotatable bonds is 3. The van der Waals surface area contributed by atoms with Crippen molar-refractivity contribution in [3.05, 3.63) is 66.0 Å². The van der Waals surface area contributed by atoms with Crippen LogP contribution in [-0.2, 0) is 23.0 Å². The second-order valence-corrected chi connectivity index (χ2v) is 7.48. The molecule has 0 unspecified atom stereocenters. The van der Waals surface area contributed by atoms with E-state index in [-0.39, 0.29) is 29.7 Å². The van der Waals surface area contributed by atoms with Crippen LogP contribution in [0, 0.1) is 0 Å². The highest BCUT2D eigenvalue weighted by Crippen LogP contribution is 2.28. The van der Waals surface area contributed by atoms with E-state index in [0.717, 1.165) is 36.0 Å². The van der Waals surface area contributed by atoms with Gasteiger partial charge in [-0.15, -0.1) is 24.8 Å². The third-order valence-corrected chi connectivity index (χ3v) is 5.74. The quantitative estimate of drug-likeness (QED) is 0.691. The van der Waals surface area contributed by atoms with Crippen molar-refractivity contribution in [2.45, 2.75) is 17.9 Å². The Bertz CT molecular complexity index is 1020. The Labute approximate surface area is 165 Å². The molecular formula is C18H19Cl2N3O2S. The molecule has 2 aromatic carbocycles. The number of nitrogens with one attached hydrogen (secondary N) is 2. The topological polar surface area (TPSA) is 71.1 Å². The smallest absolute Gasteiger partial charge is 0.262 e. The molecule has 0 bridgehead atoms. The van der Waals surface area contributed by atoms with E-state index in [0.29, 0.717) is 11.1 Å². The fourth-order valence-corrected chi connectivity index (χ4v) is 4.48. The number of hydrogen-bond donors (Lipinski definition) is 2. The molecule has 1 aliphatic heterocycles. The summed E-state index contributed by atoms with van der Waals surface area (Å²) in [5, 5.41) is 4.78. The summed E-state index contributed by atoms with van der Waals surface area (Å²) in [6.45, 7) is 1.62. The summed E-state index contributed by atoms with van der Waals surface area (Å²) in [4.78, 5) is 4.33. The van der Waals surface area contributed by atoms with Crippen molar-refractivity contribution in [2.24, 2.45) is 0 Å². The van der Waals surface area contributed by atoms with Crippen LogP contribution in [0.3, 0.4) is 0 Å². The Morgan fingerprint density at radius 2 is 1.85 bits per heavy atom. The molecule has 8 heteroatoms. The molecule has 1 aromatic heterocycles. The average Bonchev–Trinajstić information content (AvgIpc) is 2.61. The van der Waals surface area contributed by atoms with Crippen LogP contribution in [0.1, 0.15) is 11.1 Å². The molecule has 26 heavy (non-hydrogen) atoms. The molecule has 4 rings (SSSR count). The summed E-state index contributed by atoms with van der Waals surface area (Å²) in [7, 11) is -3.67. The predicted molar refractivity (Wildman–Crippen MR) is 109 cm³/mol. The van der Waals surface area contributed by atoms with Crippen molar-refractivity contribution < 1.29 is 8.42 Å². The highest BCUT2D eigenvalue weighted by atomic mass is 35.5. The first-order valence-electron chi connectivity index (χ1n) is 7.82. The molecule has 0 atom stereocenters. The largest absolute Gasteiger partial charge is 0.312 e. The predicted octanol–water partition coefficient (Wildman–Crippen LogP) is 3.52. The summed E-state index contributed by atoms with van der Waals surface area (Å²) in [5.41, 5.74) is 2.88. The van der Waals surface area contributed by atoms with Gasteiger partial charge in [-0.25, -0.2) is 8.42 Å². The summed E-state index contributed by atoms with van der Waals surface area (Å²) in [6.07, 6.45) is 4.09. The van der Waals surface area contributed by atoms with E-state index in [4.69, 9.17) is 0 Å². The first kappa shape index (κ1) is 20.5. The Morgan fingerprint density at radius 1 is 1.04 bits per heavy atom. The Morgan fingerprint density at radius 3 is 2.69 bits per heavy atom. The minimum Gasteiger partial charge on any atom is -0.312 e. The second-order valence-electron chi connectivity index (χ2n) is 5.83. The van der Waals surface area contributed by atoms with Gasteiger partial charge in [-0.2, -0.15) is 0 Å². The van der Waals surface area contributed by atoms with Gasteiger partial charge in [0.2, 0.25) is 0 Å². The summed E-state index contributed by atoms with van der Waals surface area (Å²) >= 11 is 0. The monoisotopic (exact) mass is 411 g/mol. The molecule has 0 saturated carbocycles. The minimum atomic E-state index is -3.67. The summed E-state index contributed by atoms with van der Waals surface area (Å²) in [5.74, 6) is 0. The number of fused-ring (bicyclic) bond motifs is 2. The lowest BCUT2D eigenvalue weighted by Gasteiger charge is -2.21. The molecule has 138 valence electrons. The van der Waals surface area contributed by atoms with Crippen molar-refractivity contribution in [2.75, 3.05) is 11.3 Å². The van der Waals surface area contributed by atoms with Gasteiger partial charge in [0, 0.05) is 29.7 Å². The fourth-order valence-electron chi connectivity index (χ4n) is 3.15. The minimum absolute atomic E-state index is 0. The number of pyridine rings is 1. The van der Waals surface area contributed by atoms with Gasteiger partial charge in [-0.3, -0.25) is 9.71 Å². The molecular weight excluding hydrogens is 393 g/mol. The number of halogens is 2. The number of anilines is 1. The average molecular weight is 412 g/mol. The van der Waals surface area contributed by atoms with Crippen molar-refractivity contribution in [3.63, 3.8) is 0 Å². The zero-order chi connectivity index (χ0) is 16.6. The van der Waals surface area contributed by atoms with E-state index in [9.17, 15) is 8.42 Å². The molecule has 3 aromatic rings. The Balaban J connectivity index is 0.00000121. The van der Waals surface area contributed by atoms with Gasteiger partial charge in [0.15, 0.2) is 0 Å². The molecule has 0 fully saturated rings. The number of nitrogens with zero attached hydrogens (tertiary/aromatic N) is 1. The summed E-state index contributed by atoms with van der Waals surface area (Å²) < 4.78 is 28.7. The van der Waals surface area contributed by atoms with E-state index in [2.05, 4.69) is 15.0 Å². The molecule has 1 aliphatic rings. The molecule has 2 heterocycles. The highest BCUT2D eigenvalue weighted by Gasteiger charge is 2.20. The maximum Gasteiger partial charge on any atom is 0.262 e. The fraction of sp³-hybridized carbons (Fsp3) is 0.167. The molecule has 0 aliphatic carbocycles. The number of aromatic nitrogens is 1. The third kappa shape index (κ3) is 3.78. The highest BCUT2D eigenvalue weighted by molar-refractivity contribution is 7.93. The first-order chi connectivity index (χ1) is 11.6. The van der Waals surface area contributed by atoms with Crippen LogP contribution in [-0.4, -0.2) is 19.9 Å². The van der Waals surface area contributed by atoms with Gasteiger partial charge in [0.1, 0.15) is 0 Å². The standard InChI is InChI=1S/C18H17N3O2S.2ClH/c22-24(23,18-6-2-4-14-12-20-10-8-16(14)18)21-17-5-1-3-13-11-19-9-7-15(13)17;;/h1-6,8,10,12,19,21H,7,9,11H2;2*1H. The second kappa shape index (κ2) is 8.22. The van der Waals surface area contributed by atoms with Crippen molar-refractivity contribution in [1.82, 2.24) is 10.3 Å². The van der Waals surface area contributed by atoms with Crippen LogP contribution < -0.4 is 10.0 Å². The molecule has 0 spiro atoms. The van der Waals surface area contributed by atoms with Crippen LogP contribution in [0.25, 0.3) is 10.8 Å². The van der Waals surface area contributed by atoms with Crippen molar-refractivity contribution >= 4 is 51.3 Å². The zero-order valence-electron chi connectivity index (χ0n) is 13.8. The van der Waals surface area contributed by atoms with E-state index in [1.807, 2.05) is 24.3 Å². The van der Waals surface area contributed by atoms with Gasteiger partial charge < -0.3 is 5.32 Å². The van der Waals surface area contributed by atoms with Gasteiger partial charge in [-0.1, -0.05) is 24.3 Å². The van der Waals surface area contributed by atoms with Crippen LogP contribution >= 0.6 is 24.8 Å². The number of benzene rings is 2. The zero-order valence-corrected chi connectivity index (χ0v) is 16.3. The lowest BCUT2D eigenvalue weighted by molar-refractivity contribution is 0.601. The van der Waals surface area contributed by atoms with Crippen LogP contribution in [0.2, 0.25) is 0 Å². The summed E-state index contributed by atoms with van der Waals surface area (Å²) in [6, 6.07) is 12.7. The van der Waals surface area contributed by atoms with E-state index in [1.165, 1.54) is 0 Å². The SMILES string of the molecule is Cl.Cl.O=S(=O)(Nc1cccc2c1CCNC2)c1cccc2cnccc12. The van der Waals surface area contributed by atoms with E-state index < -0.39 is 10.0 Å². The van der Waals surface area contributed by atoms with E-state index in [1.54, 1.807) is 30.6 Å². The van der Waals surface area contributed by atoms with Crippen LogP contribution in [0.4, 0.5) is 5.69 Å². The normalized spacial score (nSPS) is 13.2. The Hall–Kier alpha value is -1.86. The number of hydrogen-bond acceptors (Lipinski definition) is 4. The van der Waals surface area contributed by atoms with Gasteiger partial charge >= 0.3 is 0 Å². The third-order valence-electron chi connectivity index (χ3n) is 4.31.